The molecule has 1 fully saturated rings. The second-order valence-corrected chi connectivity index (χ2v) is 4.68. The first-order valence-corrected chi connectivity index (χ1v) is 6.51. The summed E-state index contributed by atoms with van der Waals surface area (Å²) in [5.74, 6) is 0.648. The molecule has 0 spiro atoms. The minimum atomic E-state index is -0.112. The molecule has 1 saturated heterocycles. The Labute approximate surface area is 103 Å². The van der Waals surface area contributed by atoms with Gasteiger partial charge in [-0.1, -0.05) is 12.1 Å². The molecule has 1 aliphatic rings. The number of para-hydroxylation sites is 1. The molecule has 0 aromatic heterocycles. The number of benzene rings is 1. The minimum Gasteiger partial charge on any atom is -0.369 e. The Kier molecular flexibility index (Phi) is 4.37. The van der Waals surface area contributed by atoms with Crippen LogP contribution in [0.3, 0.4) is 0 Å². The fraction of sp³-hybridized carbons (Fsp3) is 0.571. The third kappa shape index (κ3) is 3.19. The van der Waals surface area contributed by atoms with E-state index in [0.29, 0.717) is 0 Å². The Bertz CT molecular complexity index is 348. The maximum atomic E-state index is 13.7. The van der Waals surface area contributed by atoms with Crippen molar-refractivity contribution in [3.05, 3.63) is 30.1 Å². The molecule has 2 rings (SSSR count). The summed E-state index contributed by atoms with van der Waals surface area (Å²) < 4.78 is 13.7. The molecule has 1 atom stereocenters. The summed E-state index contributed by atoms with van der Waals surface area (Å²) in [5, 5.41) is 3.37. The lowest BCUT2D eigenvalue weighted by Crippen LogP contribution is -2.27. The van der Waals surface area contributed by atoms with Crippen LogP contribution in [0.15, 0.2) is 24.3 Å². The number of halogens is 1. The van der Waals surface area contributed by atoms with Gasteiger partial charge in [0.05, 0.1) is 5.69 Å². The van der Waals surface area contributed by atoms with Crippen molar-refractivity contribution in [3.63, 3.8) is 0 Å². The molecular weight excluding hydrogens is 215 g/mol. The highest BCUT2D eigenvalue weighted by Gasteiger charge is 2.16. The van der Waals surface area contributed by atoms with Gasteiger partial charge in [-0.15, -0.1) is 0 Å². The van der Waals surface area contributed by atoms with E-state index in [2.05, 4.69) is 17.1 Å². The first-order chi connectivity index (χ1) is 8.31. The van der Waals surface area contributed by atoms with E-state index in [4.69, 9.17) is 0 Å². The van der Waals surface area contributed by atoms with Gasteiger partial charge < -0.3 is 10.2 Å². The number of hydrogen-bond acceptors (Lipinski definition) is 2. The van der Waals surface area contributed by atoms with Crippen LogP contribution in [0.5, 0.6) is 0 Å². The van der Waals surface area contributed by atoms with Crippen LogP contribution >= 0.6 is 0 Å². The molecule has 94 valence electrons. The van der Waals surface area contributed by atoms with E-state index in [1.165, 1.54) is 12.5 Å². The third-order valence-electron chi connectivity index (χ3n) is 3.54. The second kappa shape index (κ2) is 6.01. The fourth-order valence-electron chi connectivity index (χ4n) is 2.46. The Morgan fingerprint density at radius 1 is 1.41 bits per heavy atom. The molecule has 1 aromatic carbocycles. The summed E-state index contributed by atoms with van der Waals surface area (Å²) >= 11 is 0. The average molecular weight is 236 g/mol. The van der Waals surface area contributed by atoms with E-state index in [1.54, 1.807) is 6.07 Å². The van der Waals surface area contributed by atoms with Gasteiger partial charge in [-0.3, -0.25) is 0 Å². The van der Waals surface area contributed by atoms with E-state index in [-0.39, 0.29) is 5.82 Å². The minimum absolute atomic E-state index is 0.112. The highest BCUT2D eigenvalue weighted by Crippen LogP contribution is 2.20. The van der Waals surface area contributed by atoms with Crippen molar-refractivity contribution in [1.29, 1.82) is 0 Å². The first-order valence-electron chi connectivity index (χ1n) is 6.51. The molecule has 1 heterocycles. The first kappa shape index (κ1) is 12.4. The van der Waals surface area contributed by atoms with Crippen molar-refractivity contribution >= 4 is 5.69 Å². The Morgan fingerprint density at radius 2 is 2.24 bits per heavy atom. The number of hydrogen-bond donors (Lipinski definition) is 1. The van der Waals surface area contributed by atoms with Gasteiger partial charge in [0.15, 0.2) is 0 Å². The van der Waals surface area contributed by atoms with Crippen LogP contribution in [0.2, 0.25) is 0 Å². The summed E-state index contributed by atoms with van der Waals surface area (Å²) in [5.41, 5.74) is 0.737. The van der Waals surface area contributed by atoms with Crippen LogP contribution in [-0.2, 0) is 0 Å². The van der Waals surface area contributed by atoms with Crippen molar-refractivity contribution in [2.75, 3.05) is 31.1 Å². The topological polar surface area (TPSA) is 15.3 Å². The largest absolute Gasteiger partial charge is 0.369 e. The number of anilines is 1. The van der Waals surface area contributed by atoms with Crippen molar-refractivity contribution < 1.29 is 4.39 Å². The summed E-state index contributed by atoms with van der Waals surface area (Å²) in [4.78, 5) is 2.13. The average Bonchev–Trinajstić information content (AvgIpc) is 2.85. The van der Waals surface area contributed by atoms with E-state index in [1.807, 2.05) is 12.1 Å². The number of nitrogens with zero attached hydrogens (tertiary/aromatic N) is 1. The fourth-order valence-corrected chi connectivity index (χ4v) is 2.46. The number of nitrogens with one attached hydrogen (secondary N) is 1. The molecule has 1 aliphatic heterocycles. The summed E-state index contributed by atoms with van der Waals surface area (Å²) in [6.45, 7) is 6.15. The third-order valence-corrected chi connectivity index (χ3v) is 3.54. The van der Waals surface area contributed by atoms with Gasteiger partial charge in [0, 0.05) is 13.1 Å². The zero-order valence-corrected chi connectivity index (χ0v) is 10.5. The zero-order valence-electron chi connectivity index (χ0n) is 10.5. The molecule has 2 nitrogen and oxygen atoms in total. The lowest BCUT2D eigenvalue weighted by molar-refractivity contribution is 0.523. The molecule has 0 amide bonds. The molecule has 0 saturated carbocycles. The van der Waals surface area contributed by atoms with Crippen LogP contribution in [0.1, 0.15) is 19.8 Å². The molecular formula is C14H21FN2. The number of rotatable bonds is 5. The summed E-state index contributed by atoms with van der Waals surface area (Å²) in [6.07, 6.45) is 2.41. The lowest BCUT2D eigenvalue weighted by Gasteiger charge is -2.24. The molecule has 0 bridgehead atoms. The quantitative estimate of drug-likeness (QED) is 0.845. The van der Waals surface area contributed by atoms with Crippen LogP contribution in [0.4, 0.5) is 10.1 Å². The second-order valence-electron chi connectivity index (χ2n) is 4.68. The SMILES string of the molecule is CCN(CCC1CCNC1)c1ccccc1F. The van der Waals surface area contributed by atoms with Crippen LogP contribution in [0, 0.1) is 11.7 Å². The zero-order chi connectivity index (χ0) is 12.1. The van der Waals surface area contributed by atoms with Gasteiger partial charge in [0.25, 0.3) is 0 Å². The standard InChI is InChI=1S/C14H21FN2/c1-2-17(10-8-12-7-9-16-11-12)14-6-4-3-5-13(14)15/h3-6,12,16H,2,7-11H2,1H3. The highest BCUT2D eigenvalue weighted by atomic mass is 19.1. The van der Waals surface area contributed by atoms with Gasteiger partial charge in [0.2, 0.25) is 0 Å². The van der Waals surface area contributed by atoms with Gasteiger partial charge in [-0.2, -0.15) is 0 Å². The molecule has 1 N–H and O–H groups in total. The molecule has 1 aromatic rings. The Balaban J connectivity index is 1.94. The van der Waals surface area contributed by atoms with Gasteiger partial charge in [-0.05, 0) is 50.9 Å². The van der Waals surface area contributed by atoms with E-state index in [9.17, 15) is 4.39 Å². The Hall–Kier alpha value is -1.09. The smallest absolute Gasteiger partial charge is 0.146 e. The summed E-state index contributed by atoms with van der Waals surface area (Å²) in [7, 11) is 0. The molecule has 3 heteroatoms. The predicted octanol–water partition coefficient (Wildman–Crippen LogP) is 2.65. The normalized spacial score (nSPS) is 19.5. The van der Waals surface area contributed by atoms with Crippen LogP contribution in [0.25, 0.3) is 0 Å². The van der Waals surface area contributed by atoms with Crippen LogP contribution < -0.4 is 10.2 Å². The van der Waals surface area contributed by atoms with E-state index >= 15 is 0 Å². The van der Waals surface area contributed by atoms with Crippen LogP contribution in [-0.4, -0.2) is 26.2 Å². The van der Waals surface area contributed by atoms with Gasteiger partial charge in [0.1, 0.15) is 5.82 Å². The van der Waals surface area contributed by atoms with E-state index in [0.717, 1.165) is 44.2 Å². The maximum absolute atomic E-state index is 13.7. The Morgan fingerprint density at radius 3 is 2.88 bits per heavy atom. The van der Waals surface area contributed by atoms with Crippen molar-refractivity contribution in [2.45, 2.75) is 19.8 Å². The molecule has 0 radical (unpaired) electrons. The monoisotopic (exact) mass is 236 g/mol. The van der Waals surface area contributed by atoms with Crippen molar-refractivity contribution in [2.24, 2.45) is 5.92 Å². The molecule has 0 aliphatic carbocycles. The van der Waals surface area contributed by atoms with Gasteiger partial charge >= 0.3 is 0 Å². The summed E-state index contributed by atoms with van der Waals surface area (Å²) in [6, 6.07) is 7.05. The van der Waals surface area contributed by atoms with E-state index < -0.39 is 0 Å². The van der Waals surface area contributed by atoms with Crippen molar-refractivity contribution in [3.8, 4) is 0 Å². The van der Waals surface area contributed by atoms with Crippen molar-refractivity contribution in [1.82, 2.24) is 5.32 Å². The lowest BCUT2D eigenvalue weighted by atomic mass is 10.0. The maximum Gasteiger partial charge on any atom is 0.146 e. The molecule has 1 unspecified atom stereocenters. The van der Waals surface area contributed by atoms with Gasteiger partial charge in [-0.25, -0.2) is 4.39 Å². The highest BCUT2D eigenvalue weighted by molar-refractivity contribution is 5.47. The predicted molar refractivity (Wildman–Crippen MR) is 69.9 cm³/mol. The molecule has 17 heavy (non-hydrogen) atoms.